The second-order valence-electron chi connectivity index (χ2n) is 5.89. The highest BCUT2D eigenvalue weighted by atomic mass is 16.6. The van der Waals surface area contributed by atoms with Gasteiger partial charge in [0.1, 0.15) is 5.60 Å². The minimum Gasteiger partial charge on any atom is -0.444 e. The van der Waals surface area contributed by atoms with E-state index < -0.39 is 11.7 Å². The molecule has 0 spiro atoms. The fourth-order valence-corrected chi connectivity index (χ4v) is 2.22. The van der Waals surface area contributed by atoms with Crippen LogP contribution in [-0.4, -0.2) is 35.5 Å². The molecule has 0 radical (unpaired) electrons. The largest absolute Gasteiger partial charge is 0.444 e. The van der Waals surface area contributed by atoms with Crippen molar-refractivity contribution < 1.29 is 14.6 Å². The van der Waals surface area contributed by atoms with E-state index in [0.29, 0.717) is 12.8 Å². The van der Waals surface area contributed by atoms with Gasteiger partial charge in [-0.25, -0.2) is 4.79 Å². The van der Waals surface area contributed by atoms with Crippen molar-refractivity contribution in [2.24, 2.45) is 11.0 Å². The topological polar surface area (TPSA) is 107 Å². The second-order valence-corrected chi connectivity index (χ2v) is 5.89. The molecule has 0 aromatic rings. The SMILES string of the molecule is CC(C)(C)OC(=O)N[C@H]1CC[C@@H](CO)C[C@@H]1N=[N+]=[N-]. The molecule has 108 valence electrons. The number of carbonyl (C=O) groups excluding carboxylic acids is 1. The van der Waals surface area contributed by atoms with Gasteiger partial charge in [-0.3, -0.25) is 0 Å². The van der Waals surface area contributed by atoms with Crippen LogP contribution in [0.1, 0.15) is 40.0 Å². The molecule has 2 N–H and O–H groups in total. The molecule has 1 amide bonds. The predicted molar refractivity (Wildman–Crippen MR) is 70.5 cm³/mol. The standard InChI is InChI=1S/C12H22N4O3/c1-12(2,3)19-11(18)14-9-5-4-8(7-17)6-10(9)15-16-13/h8-10,17H,4-7H2,1-3H3,(H,14,18)/t8-,9+,10+/m1/s1. The number of nitrogens with zero attached hydrogens (tertiary/aromatic N) is 3. The maximum atomic E-state index is 11.7. The van der Waals surface area contributed by atoms with Gasteiger partial charge in [0.25, 0.3) is 0 Å². The van der Waals surface area contributed by atoms with E-state index in [2.05, 4.69) is 15.3 Å². The van der Waals surface area contributed by atoms with Gasteiger partial charge in [-0.15, -0.1) is 0 Å². The molecule has 7 heteroatoms. The van der Waals surface area contributed by atoms with Crippen LogP contribution in [0, 0.1) is 5.92 Å². The summed E-state index contributed by atoms with van der Waals surface area (Å²) in [6.07, 6.45) is 1.56. The molecule has 1 aliphatic carbocycles. The van der Waals surface area contributed by atoms with Crippen LogP contribution in [0.15, 0.2) is 5.11 Å². The average Bonchev–Trinajstić information content (AvgIpc) is 2.29. The molecule has 19 heavy (non-hydrogen) atoms. The monoisotopic (exact) mass is 270 g/mol. The third kappa shape index (κ3) is 5.36. The van der Waals surface area contributed by atoms with Crippen molar-refractivity contribution in [2.45, 2.75) is 57.7 Å². The van der Waals surface area contributed by atoms with Crippen molar-refractivity contribution in [3.05, 3.63) is 10.4 Å². The summed E-state index contributed by atoms with van der Waals surface area (Å²) >= 11 is 0. The van der Waals surface area contributed by atoms with Gasteiger partial charge >= 0.3 is 6.09 Å². The highest BCUT2D eigenvalue weighted by Gasteiger charge is 2.31. The Balaban J connectivity index is 2.60. The van der Waals surface area contributed by atoms with Gasteiger partial charge in [0.15, 0.2) is 0 Å². The Kier molecular flexibility index (Phi) is 5.44. The van der Waals surface area contributed by atoms with Gasteiger partial charge in [-0.05, 0) is 51.5 Å². The zero-order valence-corrected chi connectivity index (χ0v) is 11.7. The van der Waals surface area contributed by atoms with Crippen LogP contribution >= 0.6 is 0 Å². The summed E-state index contributed by atoms with van der Waals surface area (Å²) in [4.78, 5) is 14.5. The maximum Gasteiger partial charge on any atom is 0.407 e. The van der Waals surface area contributed by atoms with Gasteiger partial charge in [-0.1, -0.05) is 5.11 Å². The lowest BCUT2D eigenvalue weighted by molar-refractivity contribution is 0.0471. The normalized spacial score (nSPS) is 27.3. The number of rotatable bonds is 3. The third-order valence-electron chi connectivity index (χ3n) is 3.09. The van der Waals surface area contributed by atoms with Crippen molar-refractivity contribution in [3.63, 3.8) is 0 Å². The van der Waals surface area contributed by atoms with Gasteiger partial charge < -0.3 is 15.2 Å². The summed E-state index contributed by atoms with van der Waals surface area (Å²) in [6, 6.07) is -0.558. The first kappa shape index (κ1) is 15.6. The fourth-order valence-electron chi connectivity index (χ4n) is 2.22. The van der Waals surface area contributed by atoms with Crippen molar-refractivity contribution >= 4 is 6.09 Å². The number of hydrogen-bond donors (Lipinski definition) is 2. The first-order valence-corrected chi connectivity index (χ1v) is 6.50. The molecule has 1 fully saturated rings. The van der Waals surface area contributed by atoms with E-state index in [1.54, 1.807) is 20.8 Å². The number of carbonyl (C=O) groups is 1. The fraction of sp³-hybridized carbons (Fsp3) is 0.917. The molecule has 1 rings (SSSR count). The molecule has 0 aliphatic heterocycles. The molecule has 0 heterocycles. The summed E-state index contributed by atoms with van der Waals surface area (Å²) in [6.45, 7) is 5.46. The van der Waals surface area contributed by atoms with Crippen LogP contribution in [0.4, 0.5) is 4.79 Å². The molecular weight excluding hydrogens is 248 g/mol. The molecule has 0 aromatic carbocycles. The number of hydrogen-bond acceptors (Lipinski definition) is 4. The lowest BCUT2D eigenvalue weighted by atomic mass is 9.83. The first-order valence-electron chi connectivity index (χ1n) is 6.50. The number of amides is 1. The smallest absolute Gasteiger partial charge is 0.407 e. The molecule has 1 saturated carbocycles. The molecular formula is C12H22N4O3. The summed E-state index contributed by atoms with van der Waals surface area (Å²) in [5, 5.41) is 15.6. The highest BCUT2D eigenvalue weighted by molar-refractivity contribution is 5.68. The Bertz CT molecular complexity index is 360. The van der Waals surface area contributed by atoms with E-state index in [9.17, 15) is 4.79 Å². The summed E-state index contributed by atoms with van der Waals surface area (Å²) in [5.41, 5.74) is 8.01. The van der Waals surface area contributed by atoms with Crippen LogP contribution < -0.4 is 5.32 Å². The minimum atomic E-state index is -0.555. The Morgan fingerprint density at radius 1 is 1.53 bits per heavy atom. The molecule has 0 unspecified atom stereocenters. The van der Waals surface area contributed by atoms with Crippen LogP contribution in [0.5, 0.6) is 0 Å². The van der Waals surface area contributed by atoms with Crippen molar-refractivity contribution in [1.29, 1.82) is 0 Å². The maximum absolute atomic E-state index is 11.7. The summed E-state index contributed by atoms with van der Waals surface area (Å²) in [7, 11) is 0. The molecule has 0 aromatic heterocycles. The van der Waals surface area contributed by atoms with Crippen molar-refractivity contribution in [1.82, 2.24) is 5.32 Å². The van der Waals surface area contributed by atoms with E-state index in [0.717, 1.165) is 6.42 Å². The highest BCUT2D eigenvalue weighted by Crippen LogP contribution is 2.27. The molecule has 3 atom stereocenters. The quantitative estimate of drug-likeness (QED) is 0.467. The second kappa shape index (κ2) is 6.63. The van der Waals surface area contributed by atoms with E-state index in [4.69, 9.17) is 15.4 Å². The zero-order chi connectivity index (χ0) is 14.5. The lowest BCUT2D eigenvalue weighted by Gasteiger charge is -2.33. The first-order chi connectivity index (χ1) is 8.85. The van der Waals surface area contributed by atoms with Gasteiger partial charge in [0.2, 0.25) is 0 Å². The van der Waals surface area contributed by atoms with Crippen LogP contribution in [0.3, 0.4) is 0 Å². The minimum absolute atomic E-state index is 0.0800. The van der Waals surface area contributed by atoms with Crippen LogP contribution in [-0.2, 0) is 4.74 Å². The number of azide groups is 1. The Morgan fingerprint density at radius 2 is 2.21 bits per heavy atom. The van der Waals surface area contributed by atoms with E-state index in [1.165, 1.54) is 0 Å². The number of nitrogens with one attached hydrogen (secondary N) is 1. The Hall–Kier alpha value is -1.46. The number of aliphatic hydroxyl groups excluding tert-OH is 1. The Labute approximate surface area is 113 Å². The van der Waals surface area contributed by atoms with Crippen molar-refractivity contribution in [2.75, 3.05) is 6.61 Å². The summed E-state index contributed by atoms with van der Waals surface area (Å²) < 4.78 is 5.19. The van der Waals surface area contributed by atoms with Crippen molar-refractivity contribution in [3.8, 4) is 0 Å². The number of ether oxygens (including phenoxy) is 1. The van der Waals surface area contributed by atoms with Gasteiger partial charge in [0, 0.05) is 17.6 Å². The number of aliphatic hydroxyl groups is 1. The molecule has 7 nitrogen and oxygen atoms in total. The number of alkyl carbamates (subject to hydrolysis) is 1. The van der Waals surface area contributed by atoms with Gasteiger partial charge in [0.05, 0.1) is 6.04 Å². The lowest BCUT2D eigenvalue weighted by Crippen LogP contribution is -2.47. The molecule has 0 bridgehead atoms. The van der Waals surface area contributed by atoms with Gasteiger partial charge in [-0.2, -0.15) is 0 Å². The van der Waals surface area contributed by atoms with E-state index >= 15 is 0 Å². The van der Waals surface area contributed by atoms with Crippen LogP contribution in [0.2, 0.25) is 0 Å². The third-order valence-corrected chi connectivity index (χ3v) is 3.09. The summed E-state index contributed by atoms with van der Waals surface area (Å²) in [5.74, 6) is 0.132. The zero-order valence-electron chi connectivity index (χ0n) is 11.7. The van der Waals surface area contributed by atoms with Crippen LogP contribution in [0.25, 0.3) is 10.4 Å². The predicted octanol–water partition coefficient (Wildman–Crippen LogP) is 2.35. The van der Waals surface area contributed by atoms with E-state index in [1.807, 2.05) is 0 Å². The molecule has 1 aliphatic rings. The van der Waals surface area contributed by atoms with E-state index in [-0.39, 0.29) is 24.6 Å². The average molecular weight is 270 g/mol. The molecule has 0 saturated heterocycles. The Morgan fingerprint density at radius 3 is 2.74 bits per heavy atom.